The van der Waals surface area contributed by atoms with Gasteiger partial charge >= 0.3 is 17.9 Å². The minimum atomic E-state index is -1.32. The summed E-state index contributed by atoms with van der Waals surface area (Å²) in [6, 6.07) is 9.42. The SMILES string of the molecule is COC(=O)[C@@H]1[C@H](C(=O)OC)CN2[C@@H](c3ccccc3)[C@@H](C(C)C)OC(=O)[C@]12C. The van der Waals surface area contributed by atoms with E-state index in [9.17, 15) is 14.4 Å². The molecule has 7 heteroatoms. The molecule has 2 heterocycles. The fourth-order valence-corrected chi connectivity index (χ4v) is 4.61. The van der Waals surface area contributed by atoms with Gasteiger partial charge in [0.15, 0.2) is 0 Å². The van der Waals surface area contributed by atoms with E-state index in [2.05, 4.69) is 0 Å². The maximum Gasteiger partial charge on any atom is 0.327 e. The Morgan fingerprint density at radius 3 is 2.29 bits per heavy atom. The maximum atomic E-state index is 13.2. The molecule has 0 bridgehead atoms. The molecule has 0 aliphatic carbocycles. The van der Waals surface area contributed by atoms with Crippen LogP contribution in [0.3, 0.4) is 0 Å². The van der Waals surface area contributed by atoms with Crippen LogP contribution in [0.1, 0.15) is 32.4 Å². The molecule has 0 spiro atoms. The van der Waals surface area contributed by atoms with E-state index in [1.54, 1.807) is 6.92 Å². The molecular weight excluding hydrogens is 362 g/mol. The van der Waals surface area contributed by atoms with Crippen LogP contribution in [-0.4, -0.2) is 55.2 Å². The number of hydrogen-bond donors (Lipinski definition) is 0. The second-order valence-corrected chi connectivity index (χ2v) is 7.90. The van der Waals surface area contributed by atoms with Crippen LogP contribution in [0.2, 0.25) is 0 Å². The number of carbonyl (C=O) groups is 3. The zero-order chi connectivity index (χ0) is 20.6. The Balaban J connectivity index is 2.16. The van der Waals surface area contributed by atoms with Crippen LogP contribution >= 0.6 is 0 Å². The minimum Gasteiger partial charge on any atom is -0.469 e. The van der Waals surface area contributed by atoms with Gasteiger partial charge in [0.05, 0.1) is 26.2 Å². The number of fused-ring (bicyclic) bond motifs is 1. The highest BCUT2D eigenvalue weighted by Crippen LogP contribution is 2.51. The summed E-state index contributed by atoms with van der Waals surface area (Å²) in [6.45, 7) is 5.84. The number of morpholine rings is 1. The van der Waals surface area contributed by atoms with Gasteiger partial charge in [-0.15, -0.1) is 0 Å². The van der Waals surface area contributed by atoms with Gasteiger partial charge in [0.2, 0.25) is 0 Å². The third-order valence-corrected chi connectivity index (χ3v) is 6.06. The maximum absolute atomic E-state index is 13.2. The predicted molar refractivity (Wildman–Crippen MR) is 100 cm³/mol. The molecule has 2 fully saturated rings. The van der Waals surface area contributed by atoms with Crippen LogP contribution in [0.15, 0.2) is 30.3 Å². The van der Waals surface area contributed by atoms with Crippen LogP contribution in [0, 0.1) is 17.8 Å². The number of hydrogen-bond acceptors (Lipinski definition) is 7. The second kappa shape index (κ2) is 7.54. The number of cyclic esters (lactones) is 1. The van der Waals surface area contributed by atoms with Gasteiger partial charge in [0.25, 0.3) is 0 Å². The summed E-state index contributed by atoms with van der Waals surface area (Å²) >= 11 is 0. The van der Waals surface area contributed by atoms with Crippen molar-refractivity contribution in [3.8, 4) is 0 Å². The average molecular weight is 389 g/mol. The Bertz CT molecular complexity index is 763. The summed E-state index contributed by atoms with van der Waals surface area (Å²) in [4.78, 5) is 40.2. The van der Waals surface area contributed by atoms with Crippen LogP contribution < -0.4 is 0 Å². The lowest BCUT2D eigenvalue weighted by Crippen LogP contribution is -2.63. The Hall–Kier alpha value is -2.41. The molecule has 3 rings (SSSR count). The molecule has 0 saturated carbocycles. The Labute approximate surface area is 164 Å². The molecule has 7 nitrogen and oxygen atoms in total. The lowest BCUT2D eigenvalue weighted by atomic mass is 9.78. The highest BCUT2D eigenvalue weighted by Gasteiger charge is 2.67. The van der Waals surface area contributed by atoms with Crippen LogP contribution in [0.25, 0.3) is 0 Å². The number of nitrogens with zero attached hydrogens (tertiary/aromatic N) is 1. The van der Waals surface area contributed by atoms with E-state index in [1.165, 1.54) is 14.2 Å². The normalized spacial score (nSPS) is 32.6. The molecule has 1 aromatic carbocycles. The zero-order valence-corrected chi connectivity index (χ0v) is 16.9. The third kappa shape index (κ3) is 2.98. The first kappa shape index (κ1) is 20.3. The fraction of sp³-hybridized carbons (Fsp3) is 0.571. The van der Waals surface area contributed by atoms with Crippen molar-refractivity contribution in [2.24, 2.45) is 17.8 Å². The van der Waals surface area contributed by atoms with Crippen molar-refractivity contribution in [1.82, 2.24) is 4.90 Å². The number of esters is 3. The van der Waals surface area contributed by atoms with E-state index in [0.29, 0.717) is 0 Å². The molecule has 5 atom stereocenters. The van der Waals surface area contributed by atoms with E-state index in [0.717, 1.165) is 5.56 Å². The monoisotopic (exact) mass is 389 g/mol. The number of methoxy groups -OCH3 is 2. The first-order valence-corrected chi connectivity index (χ1v) is 9.45. The third-order valence-electron chi connectivity index (χ3n) is 6.06. The zero-order valence-electron chi connectivity index (χ0n) is 16.9. The van der Waals surface area contributed by atoms with E-state index < -0.39 is 41.4 Å². The number of rotatable bonds is 4. The van der Waals surface area contributed by atoms with Crippen molar-refractivity contribution in [3.63, 3.8) is 0 Å². The molecule has 0 radical (unpaired) electrons. The molecule has 2 saturated heterocycles. The van der Waals surface area contributed by atoms with E-state index in [4.69, 9.17) is 14.2 Å². The smallest absolute Gasteiger partial charge is 0.327 e. The molecule has 28 heavy (non-hydrogen) atoms. The number of ether oxygens (including phenoxy) is 3. The first-order valence-electron chi connectivity index (χ1n) is 9.45. The van der Waals surface area contributed by atoms with Crippen molar-refractivity contribution in [1.29, 1.82) is 0 Å². The average Bonchev–Trinajstić information content (AvgIpc) is 3.02. The summed E-state index contributed by atoms with van der Waals surface area (Å²) in [7, 11) is 2.53. The standard InChI is InChI=1S/C21H27NO6/c1-12(2)17-16(13-9-7-6-8-10-13)22-11-14(18(23)26-4)15(19(24)27-5)21(22,3)20(25)28-17/h6-10,12,14-17H,11H2,1-5H3/t14-,15+,16+,17-,21+/m1/s1. The molecular formula is C21H27NO6. The Morgan fingerprint density at radius 2 is 1.75 bits per heavy atom. The second-order valence-electron chi connectivity index (χ2n) is 7.90. The lowest BCUT2D eigenvalue weighted by molar-refractivity contribution is -0.194. The lowest BCUT2D eigenvalue weighted by Gasteiger charge is -2.49. The van der Waals surface area contributed by atoms with Crippen molar-refractivity contribution >= 4 is 17.9 Å². The van der Waals surface area contributed by atoms with E-state index in [1.807, 2.05) is 49.1 Å². The Kier molecular flexibility index (Phi) is 5.48. The van der Waals surface area contributed by atoms with Gasteiger partial charge in [-0.2, -0.15) is 0 Å². The molecule has 2 aliphatic heterocycles. The summed E-state index contributed by atoms with van der Waals surface area (Å²) in [5.41, 5.74) is -0.355. The van der Waals surface area contributed by atoms with Gasteiger partial charge in [-0.25, -0.2) is 0 Å². The van der Waals surface area contributed by atoms with Gasteiger partial charge in [-0.3, -0.25) is 19.3 Å². The highest BCUT2D eigenvalue weighted by atomic mass is 16.6. The first-order chi connectivity index (χ1) is 13.3. The fourth-order valence-electron chi connectivity index (χ4n) is 4.61. The largest absolute Gasteiger partial charge is 0.469 e. The minimum absolute atomic E-state index is 0.0486. The summed E-state index contributed by atoms with van der Waals surface area (Å²) < 4.78 is 15.8. The van der Waals surface area contributed by atoms with Gasteiger partial charge in [0.1, 0.15) is 17.6 Å². The molecule has 2 aliphatic rings. The van der Waals surface area contributed by atoms with E-state index in [-0.39, 0.29) is 18.5 Å². The summed E-state index contributed by atoms with van der Waals surface area (Å²) in [6.07, 6.45) is -0.405. The van der Waals surface area contributed by atoms with Crippen molar-refractivity contribution in [3.05, 3.63) is 35.9 Å². The molecule has 0 amide bonds. The molecule has 0 aromatic heterocycles. The molecule has 1 aromatic rings. The Morgan fingerprint density at radius 1 is 1.14 bits per heavy atom. The summed E-state index contributed by atoms with van der Waals surface area (Å²) in [5, 5.41) is 0. The predicted octanol–water partition coefficient (Wildman–Crippen LogP) is 1.96. The topological polar surface area (TPSA) is 82.1 Å². The summed E-state index contributed by atoms with van der Waals surface area (Å²) in [5.74, 6) is -3.43. The van der Waals surface area contributed by atoms with Crippen molar-refractivity contribution in [2.75, 3.05) is 20.8 Å². The molecule has 0 unspecified atom stereocenters. The quantitative estimate of drug-likeness (QED) is 0.575. The molecule has 152 valence electrons. The van der Waals surface area contributed by atoms with Crippen LogP contribution in [0.5, 0.6) is 0 Å². The van der Waals surface area contributed by atoms with Gasteiger partial charge in [-0.05, 0) is 18.4 Å². The van der Waals surface area contributed by atoms with Crippen LogP contribution in [-0.2, 0) is 28.6 Å². The van der Waals surface area contributed by atoms with Gasteiger partial charge in [-0.1, -0.05) is 44.2 Å². The van der Waals surface area contributed by atoms with Crippen molar-refractivity contribution < 1.29 is 28.6 Å². The molecule has 0 N–H and O–H groups in total. The number of carbonyl (C=O) groups excluding carboxylic acids is 3. The van der Waals surface area contributed by atoms with Gasteiger partial charge in [0, 0.05) is 6.54 Å². The van der Waals surface area contributed by atoms with E-state index >= 15 is 0 Å². The highest BCUT2D eigenvalue weighted by molar-refractivity contribution is 5.94. The van der Waals surface area contributed by atoms with Crippen molar-refractivity contribution in [2.45, 2.75) is 38.5 Å². The van der Waals surface area contributed by atoms with Gasteiger partial charge < -0.3 is 14.2 Å². The number of benzene rings is 1. The van der Waals surface area contributed by atoms with Crippen LogP contribution in [0.4, 0.5) is 0 Å².